The molecule has 0 aliphatic rings. The van der Waals surface area contributed by atoms with E-state index in [4.69, 9.17) is 0 Å². The second-order valence-corrected chi connectivity index (χ2v) is 8.75. The van der Waals surface area contributed by atoms with Crippen LogP contribution in [0, 0.1) is 13.8 Å². The van der Waals surface area contributed by atoms with E-state index in [2.05, 4.69) is 39.2 Å². The van der Waals surface area contributed by atoms with E-state index >= 15 is 0 Å². The zero-order chi connectivity index (χ0) is 20.2. The normalized spacial score (nSPS) is 12.2. The van der Waals surface area contributed by atoms with Crippen LogP contribution in [0.1, 0.15) is 22.0 Å². The summed E-state index contributed by atoms with van der Waals surface area (Å²) in [5.41, 5.74) is 2.21. The van der Waals surface area contributed by atoms with Gasteiger partial charge < -0.3 is 5.32 Å². The highest BCUT2D eigenvalue weighted by molar-refractivity contribution is 8.00. The molecule has 0 aliphatic heterocycles. The van der Waals surface area contributed by atoms with E-state index in [0.717, 1.165) is 20.8 Å². The van der Waals surface area contributed by atoms with Crippen LogP contribution >= 0.6 is 23.1 Å². The highest BCUT2D eigenvalue weighted by Gasteiger charge is 2.18. The van der Waals surface area contributed by atoms with Gasteiger partial charge in [-0.2, -0.15) is 5.10 Å². The average Bonchev–Trinajstić information content (AvgIpc) is 3.35. The molecule has 7 nitrogen and oxygen atoms in total. The van der Waals surface area contributed by atoms with Crippen LogP contribution in [-0.2, 0) is 11.3 Å². The van der Waals surface area contributed by atoms with Gasteiger partial charge in [-0.25, -0.2) is 15.0 Å². The maximum absolute atomic E-state index is 12.7. The zero-order valence-electron chi connectivity index (χ0n) is 16.1. The number of aryl methyl sites for hydroxylation is 2. The first-order valence-corrected chi connectivity index (χ1v) is 10.9. The van der Waals surface area contributed by atoms with Crippen molar-refractivity contribution in [2.45, 2.75) is 31.5 Å². The Morgan fingerprint density at radius 2 is 2.03 bits per heavy atom. The number of thiophene rings is 1. The third kappa shape index (κ3) is 4.46. The lowest BCUT2D eigenvalue weighted by molar-refractivity contribution is -0.119. The minimum absolute atomic E-state index is 0.0552. The molecule has 1 atom stereocenters. The molecule has 1 N–H and O–H groups in total. The predicted molar refractivity (Wildman–Crippen MR) is 115 cm³/mol. The van der Waals surface area contributed by atoms with E-state index < -0.39 is 0 Å². The third-order valence-electron chi connectivity index (χ3n) is 4.64. The number of fused-ring (bicyclic) bond motifs is 1. The number of rotatable bonds is 7. The molecule has 0 aliphatic carbocycles. The van der Waals surface area contributed by atoms with E-state index in [9.17, 15) is 4.79 Å². The number of benzene rings is 1. The number of aromatic nitrogens is 5. The van der Waals surface area contributed by atoms with Gasteiger partial charge in [-0.05, 0) is 25.0 Å². The number of hydrogen-bond acceptors (Lipinski definition) is 7. The molecule has 1 amide bonds. The molecule has 0 fully saturated rings. The van der Waals surface area contributed by atoms with Crippen molar-refractivity contribution in [3.8, 4) is 0 Å². The minimum atomic E-state index is -0.193. The number of carbonyl (C=O) groups is 1. The molecule has 148 valence electrons. The summed E-state index contributed by atoms with van der Waals surface area (Å²) in [4.78, 5) is 27.7. The minimum Gasteiger partial charge on any atom is -0.347 e. The summed E-state index contributed by atoms with van der Waals surface area (Å²) >= 11 is 3.10. The fourth-order valence-corrected chi connectivity index (χ4v) is 4.99. The molecule has 4 aromatic rings. The van der Waals surface area contributed by atoms with E-state index in [1.807, 2.05) is 30.3 Å². The Kier molecular flexibility index (Phi) is 5.86. The summed E-state index contributed by atoms with van der Waals surface area (Å²) in [6.45, 7) is 4.67. The second-order valence-electron chi connectivity index (χ2n) is 6.58. The van der Waals surface area contributed by atoms with Crippen molar-refractivity contribution >= 4 is 39.2 Å². The van der Waals surface area contributed by atoms with Crippen molar-refractivity contribution in [1.29, 1.82) is 0 Å². The van der Waals surface area contributed by atoms with Crippen molar-refractivity contribution in [2.75, 3.05) is 5.75 Å². The smallest absolute Gasteiger partial charge is 0.230 e. The van der Waals surface area contributed by atoms with Crippen LogP contribution in [0.15, 0.2) is 54.3 Å². The number of nitrogens with one attached hydrogen (secondary N) is 1. The third-order valence-corrected chi connectivity index (χ3v) is 6.75. The molecule has 29 heavy (non-hydrogen) atoms. The summed E-state index contributed by atoms with van der Waals surface area (Å²) in [6, 6.07) is 9.69. The number of hydrogen-bond donors (Lipinski definition) is 1. The first kappa shape index (κ1) is 19.5. The van der Waals surface area contributed by atoms with Gasteiger partial charge in [0.25, 0.3) is 0 Å². The van der Waals surface area contributed by atoms with Gasteiger partial charge in [0.05, 0.1) is 18.3 Å². The maximum Gasteiger partial charge on any atom is 0.230 e. The van der Waals surface area contributed by atoms with Crippen molar-refractivity contribution in [2.24, 2.45) is 0 Å². The van der Waals surface area contributed by atoms with Crippen LogP contribution in [-0.4, -0.2) is 36.4 Å². The second kappa shape index (κ2) is 8.71. The Hall–Kier alpha value is -2.78. The zero-order valence-corrected chi connectivity index (χ0v) is 17.7. The standard InChI is InChI=1S/C20H20N6OS2/c1-13-14(2)29-20-18(13)19(22-11-23-20)28-9-17(27)25-16(8-26-12-21-10-24-26)15-6-4-3-5-7-15/h3-7,10-12,16H,8-9H2,1-2H3,(H,25,27). The van der Waals surface area contributed by atoms with Crippen molar-refractivity contribution in [3.63, 3.8) is 0 Å². The van der Waals surface area contributed by atoms with Gasteiger partial charge in [-0.3, -0.25) is 9.48 Å². The van der Waals surface area contributed by atoms with Crippen LogP contribution in [0.5, 0.6) is 0 Å². The van der Waals surface area contributed by atoms with Gasteiger partial charge in [0.15, 0.2) is 0 Å². The molecule has 0 bridgehead atoms. The topological polar surface area (TPSA) is 85.6 Å². The molecule has 0 radical (unpaired) electrons. The number of nitrogens with zero attached hydrogens (tertiary/aromatic N) is 5. The molecule has 0 saturated heterocycles. The van der Waals surface area contributed by atoms with E-state index in [1.165, 1.54) is 28.5 Å². The molecule has 1 aromatic carbocycles. The average molecular weight is 425 g/mol. The first-order valence-electron chi connectivity index (χ1n) is 9.12. The lowest BCUT2D eigenvalue weighted by Crippen LogP contribution is -2.32. The first-order chi connectivity index (χ1) is 14.1. The van der Waals surface area contributed by atoms with Gasteiger partial charge in [0.2, 0.25) is 5.91 Å². The van der Waals surface area contributed by atoms with E-state index in [0.29, 0.717) is 6.54 Å². The Morgan fingerprint density at radius 1 is 1.21 bits per heavy atom. The SMILES string of the molecule is Cc1sc2ncnc(SCC(=O)NC(Cn3cncn3)c3ccccc3)c2c1C. The molecule has 9 heteroatoms. The van der Waals surface area contributed by atoms with Gasteiger partial charge in [0.1, 0.15) is 28.8 Å². The van der Waals surface area contributed by atoms with Gasteiger partial charge >= 0.3 is 0 Å². The quantitative estimate of drug-likeness (QED) is 0.361. The van der Waals surface area contributed by atoms with Gasteiger partial charge in [-0.15, -0.1) is 11.3 Å². The molecular formula is C20H20N6OS2. The van der Waals surface area contributed by atoms with E-state index in [-0.39, 0.29) is 17.7 Å². The Bertz CT molecular complexity index is 1110. The highest BCUT2D eigenvalue weighted by Crippen LogP contribution is 2.34. The monoisotopic (exact) mass is 424 g/mol. The fourth-order valence-electron chi connectivity index (χ4n) is 3.06. The Labute approximate surface area is 176 Å². The Balaban J connectivity index is 1.47. The van der Waals surface area contributed by atoms with Gasteiger partial charge in [0, 0.05) is 10.3 Å². The number of carbonyl (C=O) groups excluding carboxylic acids is 1. The molecule has 1 unspecified atom stereocenters. The van der Waals surface area contributed by atoms with Crippen LogP contribution in [0.3, 0.4) is 0 Å². The fraction of sp³-hybridized carbons (Fsp3) is 0.250. The van der Waals surface area contributed by atoms with Gasteiger partial charge in [-0.1, -0.05) is 42.1 Å². The van der Waals surface area contributed by atoms with Crippen LogP contribution in [0.4, 0.5) is 0 Å². The lowest BCUT2D eigenvalue weighted by atomic mass is 10.1. The van der Waals surface area contributed by atoms with Crippen molar-refractivity contribution in [1.82, 2.24) is 30.0 Å². The van der Waals surface area contributed by atoms with Crippen LogP contribution < -0.4 is 5.32 Å². The van der Waals surface area contributed by atoms with Crippen LogP contribution in [0.2, 0.25) is 0 Å². The van der Waals surface area contributed by atoms with Crippen molar-refractivity contribution in [3.05, 3.63) is 65.3 Å². The number of thioether (sulfide) groups is 1. The predicted octanol–water partition coefficient (Wildman–Crippen LogP) is 3.55. The molecule has 3 aromatic heterocycles. The summed E-state index contributed by atoms with van der Waals surface area (Å²) in [5, 5.41) is 9.18. The molecule has 0 saturated carbocycles. The molecule has 3 heterocycles. The van der Waals surface area contributed by atoms with Crippen LogP contribution in [0.25, 0.3) is 10.2 Å². The maximum atomic E-state index is 12.7. The van der Waals surface area contributed by atoms with E-state index in [1.54, 1.807) is 28.7 Å². The number of amides is 1. The summed E-state index contributed by atoms with van der Waals surface area (Å²) in [7, 11) is 0. The summed E-state index contributed by atoms with van der Waals surface area (Å²) in [5.74, 6) is 0.224. The molecular weight excluding hydrogens is 404 g/mol. The lowest BCUT2D eigenvalue weighted by Gasteiger charge is -2.19. The molecule has 4 rings (SSSR count). The Morgan fingerprint density at radius 3 is 2.79 bits per heavy atom. The highest BCUT2D eigenvalue weighted by atomic mass is 32.2. The summed E-state index contributed by atoms with van der Waals surface area (Å²) < 4.78 is 1.72. The molecule has 0 spiro atoms. The largest absolute Gasteiger partial charge is 0.347 e. The van der Waals surface area contributed by atoms with Crippen molar-refractivity contribution < 1.29 is 4.79 Å². The summed E-state index contributed by atoms with van der Waals surface area (Å²) in [6.07, 6.45) is 4.71.